The molecule has 0 unspecified atom stereocenters. The molecule has 2 atom stereocenters. The van der Waals surface area contributed by atoms with E-state index in [1.807, 2.05) is 38.1 Å². The van der Waals surface area contributed by atoms with E-state index in [4.69, 9.17) is 42.1 Å². The molecule has 5 aliphatic rings. The van der Waals surface area contributed by atoms with Gasteiger partial charge in [0.25, 0.3) is 0 Å². The van der Waals surface area contributed by atoms with Gasteiger partial charge in [-0.2, -0.15) is 0 Å². The van der Waals surface area contributed by atoms with Crippen molar-refractivity contribution in [3.63, 3.8) is 0 Å². The van der Waals surface area contributed by atoms with Gasteiger partial charge < -0.3 is 29.2 Å². The summed E-state index contributed by atoms with van der Waals surface area (Å²) in [6, 6.07) is 21.1. The van der Waals surface area contributed by atoms with Crippen molar-refractivity contribution >= 4 is 23.2 Å². The zero-order valence-corrected chi connectivity index (χ0v) is 34.6. The lowest BCUT2D eigenvalue weighted by molar-refractivity contribution is -0.131. The largest absolute Gasteiger partial charge is 0.493 e. The molecule has 2 heterocycles. The van der Waals surface area contributed by atoms with E-state index in [1.54, 1.807) is 0 Å². The quantitative estimate of drug-likeness (QED) is 0.138. The molecule has 4 aromatic carbocycles. The Bertz CT molecular complexity index is 2100. The standard InChI is InChI=1S/C47H54Cl2N2O6/c1-3-54-43-21-45(39(48)19-29(43)25-50-17-15-31(52)16-18-50)56-41-13-11-35-33(7-5-9-37(35)41)34-8-6-10-38-36(34)12-14-42(38)57-46-22-44(55-4-2)30(20-40(46)49)26-51-27-47(28-51)23-32(53)24-47/h5-10,19-22,31-32,41-42,52-53H,3-4,11-18,23-28H2,1-2H3/t41-,42-/m0/s1. The lowest BCUT2D eigenvalue weighted by Crippen LogP contribution is -2.63. The average Bonchev–Trinajstić information content (AvgIpc) is 3.78. The fourth-order valence-electron chi connectivity index (χ4n) is 10.2. The van der Waals surface area contributed by atoms with E-state index in [2.05, 4.69) is 46.2 Å². The molecule has 0 radical (unpaired) electrons. The zero-order valence-electron chi connectivity index (χ0n) is 33.1. The number of likely N-dealkylation sites (tertiary alicyclic amines) is 2. The van der Waals surface area contributed by atoms with Crippen molar-refractivity contribution in [2.75, 3.05) is 39.4 Å². The first kappa shape index (κ1) is 39.0. The number of nitrogens with zero attached hydrogens (tertiary/aromatic N) is 2. The lowest BCUT2D eigenvalue weighted by atomic mass is 9.62. The summed E-state index contributed by atoms with van der Waals surface area (Å²) in [4.78, 5) is 4.77. The molecule has 1 spiro atoms. The normalized spacial score (nSPS) is 21.9. The SMILES string of the molecule is CCOc1cc(O[C@H]2CCc3c(-c4cccc5c4CC[C@@H]5Oc4cc(OCC)c(CN5CC6(CC(O)C6)C5)cc4Cl)cccc32)c(Cl)cc1CN1CCC(O)CC1. The van der Waals surface area contributed by atoms with E-state index in [-0.39, 0.29) is 24.4 Å². The predicted molar refractivity (Wildman–Crippen MR) is 224 cm³/mol. The minimum atomic E-state index is -0.211. The molecule has 9 rings (SSSR count). The van der Waals surface area contributed by atoms with Crippen LogP contribution in [0.5, 0.6) is 23.0 Å². The zero-order chi connectivity index (χ0) is 39.3. The maximum absolute atomic E-state index is 9.98. The Balaban J connectivity index is 0.915. The molecular formula is C47H54Cl2N2O6. The molecule has 57 heavy (non-hydrogen) atoms. The van der Waals surface area contributed by atoms with Gasteiger partial charge in [0.1, 0.15) is 35.2 Å². The van der Waals surface area contributed by atoms with Gasteiger partial charge >= 0.3 is 0 Å². The van der Waals surface area contributed by atoms with Crippen molar-refractivity contribution in [3.8, 4) is 34.1 Å². The maximum Gasteiger partial charge on any atom is 0.142 e. The molecule has 2 aliphatic heterocycles. The molecule has 0 aromatic heterocycles. The van der Waals surface area contributed by atoms with E-state index in [1.165, 1.54) is 33.4 Å². The van der Waals surface area contributed by atoms with Crippen LogP contribution in [-0.4, -0.2) is 71.6 Å². The Labute approximate surface area is 346 Å². The Morgan fingerprint density at radius 1 is 0.632 bits per heavy atom. The third kappa shape index (κ3) is 7.86. The highest BCUT2D eigenvalue weighted by atomic mass is 35.5. The maximum atomic E-state index is 9.98. The second-order valence-corrected chi connectivity index (χ2v) is 17.7. The number of hydrogen-bond acceptors (Lipinski definition) is 8. The summed E-state index contributed by atoms with van der Waals surface area (Å²) in [6.07, 6.45) is 6.39. The van der Waals surface area contributed by atoms with Crippen LogP contribution in [0, 0.1) is 5.41 Å². The number of rotatable bonds is 13. The molecular weight excluding hydrogens is 759 g/mol. The molecule has 4 aromatic rings. The van der Waals surface area contributed by atoms with Crippen LogP contribution < -0.4 is 18.9 Å². The van der Waals surface area contributed by atoms with Gasteiger partial charge in [-0.1, -0.05) is 59.6 Å². The van der Waals surface area contributed by atoms with Crippen LogP contribution in [0.3, 0.4) is 0 Å². The van der Waals surface area contributed by atoms with Crippen LogP contribution in [0.4, 0.5) is 0 Å². The Morgan fingerprint density at radius 2 is 1.12 bits per heavy atom. The van der Waals surface area contributed by atoms with Crippen LogP contribution in [0.25, 0.3) is 11.1 Å². The van der Waals surface area contributed by atoms with Gasteiger partial charge in [0.15, 0.2) is 0 Å². The van der Waals surface area contributed by atoms with Crippen LogP contribution in [0.2, 0.25) is 10.0 Å². The highest BCUT2D eigenvalue weighted by molar-refractivity contribution is 6.32. The van der Waals surface area contributed by atoms with Crippen molar-refractivity contribution in [1.29, 1.82) is 0 Å². The van der Waals surface area contributed by atoms with E-state index >= 15 is 0 Å². The molecule has 0 bridgehead atoms. The lowest BCUT2D eigenvalue weighted by Gasteiger charge is -2.58. The highest BCUT2D eigenvalue weighted by Gasteiger charge is 2.51. The molecule has 3 aliphatic carbocycles. The summed E-state index contributed by atoms with van der Waals surface area (Å²) in [5, 5.41) is 21.0. The number of hydrogen-bond donors (Lipinski definition) is 2. The van der Waals surface area contributed by atoms with Gasteiger partial charge in [0, 0.05) is 67.9 Å². The Hall–Kier alpha value is -3.50. The first-order valence-electron chi connectivity index (χ1n) is 21.0. The topological polar surface area (TPSA) is 83.9 Å². The monoisotopic (exact) mass is 812 g/mol. The second kappa shape index (κ2) is 16.3. The van der Waals surface area contributed by atoms with Crippen LogP contribution in [0.15, 0.2) is 60.7 Å². The van der Waals surface area contributed by atoms with E-state index < -0.39 is 0 Å². The van der Waals surface area contributed by atoms with Gasteiger partial charge in [-0.15, -0.1) is 0 Å². The van der Waals surface area contributed by atoms with Gasteiger partial charge in [-0.3, -0.25) is 9.80 Å². The molecule has 8 nitrogen and oxygen atoms in total. The van der Waals surface area contributed by atoms with Crippen molar-refractivity contribution in [3.05, 3.63) is 104 Å². The number of aliphatic hydroxyl groups is 2. The third-order valence-electron chi connectivity index (χ3n) is 12.9. The Morgan fingerprint density at radius 3 is 1.60 bits per heavy atom. The van der Waals surface area contributed by atoms with Crippen molar-refractivity contribution in [2.45, 2.75) is 103 Å². The molecule has 0 amide bonds. The van der Waals surface area contributed by atoms with E-state index in [0.29, 0.717) is 40.2 Å². The molecule has 3 fully saturated rings. The number of halogens is 2. The van der Waals surface area contributed by atoms with Crippen molar-refractivity contribution < 1.29 is 29.2 Å². The van der Waals surface area contributed by atoms with Crippen molar-refractivity contribution in [1.82, 2.24) is 9.80 Å². The number of aliphatic hydroxyl groups excluding tert-OH is 2. The summed E-state index contributed by atoms with van der Waals surface area (Å²) < 4.78 is 25.7. The van der Waals surface area contributed by atoms with Crippen LogP contribution >= 0.6 is 23.2 Å². The number of piperidine rings is 1. The highest BCUT2D eigenvalue weighted by Crippen LogP contribution is 2.50. The van der Waals surface area contributed by atoms with E-state index in [9.17, 15) is 10.2 Å². The summed E-state index contributed by atoms with van der Waals surface area (Å²) in [5.41, 5.74) is 9.99. The number of benzene rings is 4. The molecule has 10 heteroatoms. The first-order valence-corrected chi connectivity index (χ1v) is 21.7. The van der Waals surface area contributed by atoms with Crippen molar-refractivity contribution in [2.24, 2.45) is 5.41 Å². The predicted octanol–water partition coefficient (Wildman–Crippen LogP) is 9.50. The van der Waals surface area contributed by atoms with Gasteiger partial charge in [-0.05, 0) is 111 Å². The minimum absolute atomic E-state index is 0.114. The fourth-order valence-corrected chi connectivity index (χ4v) is 10.7. The van der Waals surface area contributed by atoms with Gasteiger partial charge in [0.05, 0.1) is 35.5 Å². The fraction of sp³-hybridized carbons (Fsp3) is 0.489. The molecule has 1 saturated carbocycles. The average molecular weight is 814 g/mol. The molecule has 302 valence electrons. The summed E-state index contributed by atoms with van der Waals surface area (Å²) >= 11 is 13.9. The van der Waals surface area contributed by atoms with Crippen LogP contribution in [0.1, 0.15) is 98.0 Å². The smallest absolute Gasteiger partial charge is 0.142 e. The number of fused-ring (bicyclic) bond motifs is 2. The molecule has 2 N–H and O–H groups in total. The minimum Gasteiger partial charge on any atom is -0.493 e. The second-order valence-electron chi connectivity index (χ2n) is 16.9. The summed E-state index contributed by atoms with van der Waals surface area (Å²) in [5.74, 6) is 2.92. The van der Waals surface area contributed by atoms with E-state index in [0.717, 1.165) is 113 Å². The third-order valence-corrected chi connectivity index (χ3v) is 13.5. The Kier molecular flexibility index (Phi) is 11.1. The summed E-state index contributed by atoms with van der Waals surface area (Å²) in [6.45, 7) is 10.3. The first-order chi connectivity index (χ1) is 27.7. The number of ether oxygens (including phenoxy) is 4. The van der Waals surface area contributed by atoms with Gasteiger partial charge in [0.2, 0.25) is 0 Å². The van der Waals surface area contributed by atoms with Crippen LogP contribution in [-0.2, 0) is 25.9 Å². The summed E-state index contributed by atoms with van der Waals surface area (Å²) in [7, 11) is 0. The van der Waals surface area contributed by atoms with Gasteiger partial charge in [-0.25, -0.2) is 0 Å². The molecule has 2 saturated heterocycles.